The highest BCUT2D eigenvalue weighted by Crippen LogP contribution is 2.39. The fourth-order valence-electron chi connectivity index (χ4n) is 3.62. The van der Waals surface area contributed by atoms with Crippen LogP contribution in [-0.2, 0) is 9.53 Å². The molecule has 3 atom stereocenters. The minimum atomic E-state index is -0.666. The Morgan fingerprint density at radius 2 is 2.29 bits per heavy atom. The molecule has 0 aromatic heterocycles. The van der Waals surface area contributed by atoms with Gasteiger partial charge in [-0.05, 0) is 56.7 Å². The summed E-state index contributed by atoms with van der Waals surface area (Å²) in [6.45, 7) is 3.80. The summed E-state index contributed by atoms with van der Waals surface area (Å²) in [6.07, 6.45) is 7.65. The highest BCUT2D eigenvalue weighted by molar-refractivity contribution is 7.99. The molecule has 1 aliphatic heterocycles. The molecule has 1 saturated heterocycles. The van der Waals surface area contributed by atoms with Crippen molar-refractivity contribution < 1.29 is 14.6 Å². The van der Waals surface area contributed by atoms with Crippen LogP contribution in [-0.4, -0.2) is 47.4 Å². The number of hydrogen-bond acceptors (Lipinski definition) is 4. The average molecular weight is 315 g/mol. The molecule has 2 rings (SSSR count). The molecule has 2 fully saturated rings. The predicted molar refractivity (Wildman–Crippen MR) is 86.9 cm³/mol. The van der Waals surface area contributed by atoms with Crippen molar-refractivity contribution in [2.45, 2.75) is 63.5 Å². The van der Waals surface area contributed by atoms with Gasteiger partial charge in [0.2, 0.25) is 0 Å². The molecule has 1 aliphatic carbocycles. The van der Waals surface area contributed by atoms with Crippen LogP contribution in [0.4, 0.5) is 0 Å². The Kier molecular flexibility index (Phi) is 6.83. The van der Waals surface area contributed by atoms with E-state index >= 15 is 0 Å². The van der Waals surface area contributed by atoms with Gasteiger partial charge in [-0.15, -0.1) is 0 Å². The molecule has 0 spiro atoms. The number of hydrogen-bond donors (Lipinski definition) is 2. The van der Waals surface area contributed by atoms with Crippen LogP contribution in [0.2, 0.25) is 0 Å². The van der Waals surface area contributed by atoms with E-state index in [1.54, 1.807) is 0 Å². The van der Waals surface area contributed by atoms with Crippen molar-refractivity contribution in [2.75, 3.05) is 24.7 Å². The van der Waals surface area contributed by atoms with Crippen LogP contribution in [0.3, 0.4) is 0 Å². The Balaban J connectivity index is 1.77. The second-order valence-corrected chi connectivity index (χ2v) is 7.44. The van der Waals surface area contributed by atoms with Gasteiger partial charge in [0.05, 0.1) is 6.10 Å². The number of carboxylic acid groups (broad SMARTS) is 1. The number of ether oxygens (including phenoxy) is 1. The summed E-state index contributed by atoms with van der Waals surface area (Å²) in [7, 11) is 0. The van der Waals surface area contributed by atoms with Gasteiger partial charge < -0.3 is 15.2 Å². The van der Waals surface area contributed by atoms with E-state index in [2.05, 4.69) is 12.2 Å². The number of rotatable bonds is 9. The first-order valence-corrected chi connectivity index (χ1v) is 9.52. The first-order chi connectivity index (χ1) is 10.2. The van der Waals surface area contributed by atoms with Crippen molar-refractivity contribution in [2.24, 2.45) is 5.92 Å². The van der Waals surface area contributed by atoms with E-state index < -0.39 is 11.5 Å². The van der Waals surface area contributed by atoms with Crippen molar-refractivity contribution in [1.29, 1.82) is 0 Å². The smallest absolute Gasteiger partial charge is 0.324 e. The first-order valence-electron chi connectivity index (χ1n) is 8.37. The quantitative estimate of drug-likeness (QED) is 0.641. The monoisotopic (exact) mass is 315 g/mol. The number of nitrogens with one attached hydrogen (secondary N) is 1. The lowest BCUT2D eigenvalue weighted by Gasteiger charge is -2.32. The number of thioether (sulfide) groups is 1. The topological polar surface area (TPSA) is 58.6 Å². The Hall–Kier alpha value is -0.260. The molecule has 1 saturated carbocycles. The lowest BCUT2D eigenvalue weighted by Crippen LogP contribution is -2.55. The van der Waals surface area contributed by atoms with E-state index in [4.69, 9.17) is 4.74 Å². The highest BCUT2D eigenvalue weighted by Gasteiger charge is 2.48. The Labute approximate surface area is 132 Å². The average Bonchev–Trinajstić information content (AvgIpc) is 3.11. The zero-order chi connectivity index (χ0) is 15.1. The molecule has 0 amide bonds. The minimum Gasteiger partial charge on any atom is -0.480 e. The molecule has 0 radical (unpaired) electrons. The normalized spacial score (nSPS) is 32.6. The summed E-state index contributed by atoms with van der Waals surface area (Å²) in [5.74, 6) is 1.74. The maximum atomic E-state index is 11.8. The Morgan fingerprint density at radius 1 is 1.43 bits per heavy atom. The molecule has 3 unspecified atom stereocenters. The van der Waals surface area contributed by atoms with Crippen molar-refractivity contribution >= 4 is 17.7 Å². The van der Waals surface area contributed by atoms with E-state index in [0.29, 0.717) is 6.10 Å². The Bertz CT molecular complexity index is 333. The largest absolute Gasteiger partial charge is 0.480 e. The van der Waals surface area contributed by atoms with Crippen LogP contribution in [0.15, 0.2) is 0 Å². The molecule has 2 N–H and O–H groups in total. The van der Waals surface area contributed by atoms with Crippen LogP contribution >= 0.6 is 11.8 Å². The molecule has 1 heterocycles. The van der Waals surface area contributed by atoms with Gasteiger partial charge in [-0.3, -0.25) is 4.79 Å². The fourth-order valence-corrected chi connectivity index (χ4v) is 4.77. The summed E-state index contributed by atoms with van der Waals surface area (Å²) in [5.41, 5.74) is -0.666. The van der Waals surface area contributed by atoms with Gasteiger partial charge in [-0.2, -0.15) is 11.8 Å². The summed E-state index contributed by atoms with van der Waals surface area (Å²) >= 11 is 1.93. The van der Waals surface area contributed by atoms with E-state index in [0.717, 1.165) is 56.8 Å². The zero-order valence-electron chi connectivity index (χ0n) is 13.1. The maximum Gasteiger partial charge on any atom is 0.324 e. The highest BCUT2D eigenvalue weighted by atomic mass is 32.2. The van der Waals surface area contributed by atoms with Crippen molar-refractivity contribution in [3.8, 4) is 0 Å². The number of carboxylic acids is 1. The SMILES string of the molecule is CCCNC1(C(=O)O)CCCC1CCSCC1CCCO1. The van der Waals surface area contributed by atoms with Crippen LogP contribution in [0.1, 0.15) is 51.9 Å². The molecule has 21 heavy (non-hydrogen) atoms. The van der Waals surface area contributed by atoms with Crippen molar-refractivity contribution in [3.05, 3.63) is 0 Å². The molecule has 0 aromatic carbocycles. The van der Waals surface area contributed by atoms with Crippen LogP contribution in [0, 0.1) is 5.92 Å². The number of aliphatic carboxylic acids is 1. The van der Waals surface area contributed by atoms with Gasteiger partial charge in [-0.25, -0.2) is 0 Å². The van der Waals surface area contributed by atoms with Crippen LogP contribution in [0.25, 0.3) is 0 Å². The third-order valence-corrected chi connectivity index (χ3v) is 5.96. The van der Waals surface area contributed by atoms with E-state index in [1.165, 1.54) is 12.8 Å². The van der Waals surface area contributed by atoms with Crippen LogP contribution in [0.5, 0.6) is 0 Å². The molecule has 0 aromatic rings. The lowest BCUT2D eigenvalue weighted by atomic mass is 9.85. The summed E-state index contributed by atoms with van der Waals surface area (Å²) in [4.78, 5) is 11.8. The van der Waals surface area contributed by atoms with E-state index in [-0.39, 0.29) is 5.92 Å². The minimum absolute atomic E-state index is 0.276. The second kappa shape index (κ2) is 8.39. The van der Waals surface area contributed by atoms with Crippen molar-refractivity contribution in [1.82, 2.24) is 5.32 Å². The molecule has 122 valence electrons. The van der Waals surface area contributed by atoms with E-state index in [1.807, 2.05) is 11.8 Å². The maximum absolute atomic E-state index is 11.8. The van der Waals surface area contributed by atoms with Gasteiger partial charge in [0.1, 0.15) is 5.54 Å². The third-order valence-electron chi connectivity index (χ3n) is 4.83. The molecule has 5 heteroatoms. The zero-order valence-corrected chi connectivity index (χ0v) is 13.9. The second-order valence-electron chi connectivity index (χ2n) is 6.29. The molecular weight excluding hydrogens is 286 g/mol. The van der Waals surface area contributed by atoms with Gasteiger partial charge in [0, 0.05) is 12.4 Å². The molecule has 2 aliphatic rings. The molecular formula is C16H29NO3S. The summed E-state index contributed by atoms with van der Waals surface area (Å²) in [5, 5.41) is 13.0. The van der Waals surface area contributed by atoms with Gasteiger partial charge in [0.15, 0.2) is 0 Å². The van der Waals surface area contributed by atoms with Crippen molar-refractivity contribution in [3.63, 3.8) is 0 Å². The number of carbonyl (C=O) groups is 1. The molecule has 0 bridgehead atoms. The fraction of sp³-hybridized carbons (Fsp3) is 0.938. The summed E-state index contributed by atoms with van der Waals surface area (Å²) < 4.78 is 5.63. The first kappa shape index (κ1) is 17.1. The van der Waals surface area contributed by atoms with E-state index in [9.17, 15) is 9.90 Å². The standard InChI is InChI=1S/C16H29NO3S/c1-2-9-17-16(15(18)19)8-3-5-13(16)7-11-21-12-14-6-4-10-20-14/h13-14,17H,2-12H2,1H3,(H,18,19). The third kappa shape index (κ3) is 4.36. The summed E-state index contributed by atoms with van der Waals surface area (Å²) in [6, 6.07) is 0. The predicted octanol–water partition coefficient (Wildman–Crippen LogP) is 2.91. The van der Waals surface area contributed by atoms with Gasteiger partial charge in [0.25, 0.3) is 0 Å². The van der Waals surface area contributed by atoms with Gasteiger partial charge in [-0.1, -0.05) is 13.3 Å². The Morgan fingerprint density at radius 3 is 2.95 bits per heavy atom. The molecule has 4 nitrogen and oxygen atoms in total. The van der Waals surface area contributed by atoms with Crippen LogP contribution < -0.4 is 5.32 Å². The lowest BCUT2D eigenvalue weighted by molar-refractivity contribution is -0.146. The van der Waals surface area contributed by atoms with Gasteiger partial charge >= 0.3 is 5.97 Å².